The lowest BCUT2D eigenvalue weighted by Crippen LogP contribution is -2.26. The van der Waals surface area contributed by atoms with Crippen LogP contribution in [0.15, 0.2) is 60.7 Å². The molecule has 0 aromatic heterocycles. The number of carbonyl (C=O) groups excluding carboxylic acids is 2. The summed E-state index contributed by atoms with van der Waals surface area (Å²) in [5, 5.41) is 9.90. The summed E-state index contributed by atoms with van der Waals surface area (Å²) < 4.78 is 5.87. The standard InChI is InChI=1S/C23H29N3O4.C8H10.C2H6/c1-4-25(3)8-5-9-30-18-7-6-16-13-26(14-17(16)10-18)23(29)20-11-19(15(2)27)22(28)12-21(20)24;1-2-8-6-4-3-5-7-8;1-2/h6-7,10-12,28H,4-5,8-9,13-14,24H2,1-3H3;3-7H,2H2,1H3;1-2H3. The maximum Gasteiger partial charge on any atom is 0.256 e. The average Bonchev–Trinajstić information content (AvgIpc) is 3.40. The van der Waals surface area contributed by atoms with Crippen LogP contribution in [0.25, 0.3) is 0 Å². The second-order valence-corrected chi connectivity index (χ2v) is 9.54. The first-order valence-corrected chi connectivity index (χ1v) is 14.1. The van der Waals surface area contributed by atoms with E-state index in [4.69, 9.17) is 10.5 Å². The Morgan fingerprint density at radius 1 is 0.975 bits per heavy atom. The van der Waals surface area contributed by atoms with Gasteiger partial charge in [-0.3, -0.25) is 9.59 Å². The summed E-state index contributed by atoms with van der Waals surface area (Å²) in [7, 11) is 2.08. The largest absolute Gasteiger partial charge is 0.507 e. The molecule has 7 nitrogen and oxygen atoms in total. The molecule has 0 aliphatic carbocycles. The molecule has 0 atom stereocenters. The third-order valence-electron chi connectivity index (χ3n) is 6.71. The van der Waals surface area contributed by atoms with E-state index in [1.54, 1.807) is 4.90 Å². The lowest BCUT2D eigenvalue weighted by molar-refractivity contribution is 0.0752. The predicted molar refractivity (Wildman–Crippen MR) is 163 cm³/mol. The van der Waals surface area contributed by atoms with Crippen molar-refractivity contribution in [1.82, 2.24) is 9.80 Å². The Kier molecular flexibility index (Phi) is 13.2. The van der Waals surface area contributed by atoms with Gasteiger partial charge in [-0.25, -0.2) is 0 Å². The number of aromatic hydroxyl groups is 1. The number of ketones is 1. The maximum atomic E-state index is 13.0. The number of hydrogen-bond acceptors (Lipinski definition) is 6. The molecule has 0 bridgehead atoms. The third kappa shape index (κ3) is 9.12. The van der Waals surface area contributed by atoms with Crippen LogP contribution in [0.5, 0.6) is 11.5 Å². The van der Waals surface area contributed by atoms with Gasteiger partial charge < -0.3 is 25.4 Å². The van der Waals surface area contributed by atoms with Crippen LogP contribution < -0.4 is 10.5 Å². The zero-order valence-electron chi connectivity index (χ0n) is 24.9. The van der Waals surface area contributed by atoms with Gasteiger partial charge in [-0.05, 0) is 68.2 Å². The number of phenolic OH excluding ortho intramolecular Hbond substituents is 1. The molecule has 0 radical (unpaired) electrons. The van der Waals surface area contributed by atoms with E-state index in [0.29, 0.717) is 19.7 Å². The molecule has 1 aliphatic rings. The summed E-state index contributed by atoms with van der Waals surface area (Å²) in [5.41, 5.74) is 9.92. The van der Waals surface area contributed by atoms with Crippen LogP contribution in [0.3, 0.4) is 0 Å². The molecule has 3 N–H and O–H groups in total. The summed E-state index contributed by atoms with van der Waals surface area (Å²) in [4.78, 5) is 28.7. The second-order valence-electron chi connectivity index (χ2n) is 9.54. The number of anilines is 1. The monoisotopic (exact) mass is 547 g/mol. The van der Waals surface area contributed by atoms with Gasteiger partial charge in [0.25, 0.3) is 5.91 Å². The highest BCUT2D eigenvalue weighted by Gasteiger charge is 2.27. The van der Waals surface area contributed by atoms with Gasteiger partial charge in [0, 0.05) is 31.4 Å². The fourth-order valence-corrected chi connectivity index (χ4v) is 4.24. The Hall–Kier alpha value is -3.84. The molecule has 0 spiro atoms. The number of carbonyl (C=O) groups is 2. The number of ether oxygens (including phenoxy) is 1. The number of nitrogens with zero attached hydrogens (tertiary/aromatic N) is 2. The zero-order chi connectivity index (χ0) is 29.7. The Bertz CT molecular complexity index is 1240. The lowest BCUT2D eigenvalue weighted by Gasteiger charge is -2.17. The highest BCUT2D eigenvalue weighted by atomic mass is 16.5. The number of rotatable bonds is 9. The summed E-state index contributed by atoms with van der Waals surface area (Å²) in [6.07, 6.45) is 2.09. The first-order valence-electron chi connectivity index (χ1n) is 14.1. The molecule has 216 valence electrons. The minimum atomic E-state index is -0.321. The number of nitrogens with two attached hydrogens (primary N) is 1. The average molecular weight is 548 g/mol. The number of nitrogen functional groups attached to an aromatic ring is 1. The van der Waals surface area contributed by atoms with Gasteiger partial charge in [-0.15, -0.1) is 0 Å². The predicted octanol–water partition coefficient (Wildman–Crippen LogP) is 6.33. The van der Waals surface area contributed by atoms with E-state index in [0.717, 1.165) is 42.8 Å². The summed E-state index contributed by atoms with van der Waals surface area (Å²) in [5.74, 6) is -0.00663. The second kappa shape index (κ2) is 16.3. The van der Waals surface area contributed by atoms with E-state index in [1.807, 2.05) is 38.1 Å². The van der Waals surface area contributed by atoms with Gasteiger partial charge in [-0.1, -0.05) is 64.1 Å². The fourth-order valence-electron chi connectivity index (χ4n) is 4.24. The Labute approximate surface area is 239 Å². The van der Waals surface area contributed by atoms with Crippen molar-refractivity contribution in [2.24, 2.45) is 0 Å². The number of amides is 1. The van der Waals surface area contributed by atoms with E-state index >= 15 is 0 Å². The third-order valence-corrected chi connectivity index (χ3v) is 6.71. The van der Waals surface area contributed by atoms with Gasteiger partial charge in [0.15, 0.2) is 5.78 Å². The van der Waals surface area contributed by atoms with Crippen LogP contribution in [-0.4, -0.2) is 53.3 Å². The van der Waals surface area contributed by atoms with Gasteiger partial charge in [-0.2, -0.15) is 0 Å². The first kappa shape index (κ1) is 32.4. The molecule has 1 amide bonds. The summed E-state index contributed by atoms with van der Waals surface area (Å²) in [6.45, 7) is 13.2. The SMILES string of the molecule is CC.CCN(C)CCCOc1ccc2c(c1)CN(C(=O)c1cc(C(C)=O)c(O)cc1N)C2.CCc1ccccc1. The van der Waals surface area contributed by atoms with Crippen LogP contribution in [0.4, 0.5) is 5.69 Å². The number of benzene rings is 3. The molecule has 1 heterocycles. The van der Waals surface area contributed by atoms with Gasteiger partial charge in [0.05, 0.1) is 17.7 Å². The Balaban J connectivity index is 0.000000475. The molecular formula is C33H45N3O4. The van der Waals surface area contributed by atoms with Crippen LogP contribution in [0.2, 0.25) is 0 Å². The van der Waals surface area contributed by atoms with Gasteiger partial charge >= 0.3 is 0 Å². The van der Waals surface area contributed by atoms with Crippen molar-refractivity contribution in [3.05, 3.63) is 88.5 Å². The Morgan fingerprint density at radius 3 is 2.25 bits per heavy atom. The van der Waals surface area contributed by atoms with E-state index in [2.05, 4.69) is 50.1 Å². The first-order chi connectivity index (χ1) is 19.2. The highest BCUT2D eigenvalue weighted by molar-refractivity contribution is 6.04. The van der Waals surface area contributed by atoms with E-state index in [1.165, 1.54) is 24.6 Å². The topological polar surface area (TPSA) is 96.1 Å². The van der Waals surface area contributed by atoms with E-state index in [-0.39, 0.29) is 34.3 Å². The van der Waals surface area contributed by atoms with Crippen molar-refractivity contribution < 1.29 is 19.4 Å². The van der Waals surface area contributed by atoms with Crippen molar-refractivity contribution in [3.63, 3.8) is 0 Å². The smallest absolute Gasteiger partial charge is 0.256 e. The van der Waals surface area contributed by atoms with Crippen molar-refractivity contribution >= 4 is 17.4 Å². The molecular weight excluding hydrogens is 502 g/mol. The molecule has 4 rings (SSSR count). The van der Waals surface area contributed by atoms with Crippen molar-refractivity contribution in [2.45, 2.75) is 60.5 Å². The molecule has 0 saturated carbocycles. The number of Topliss-reactive ketones (excluding diaryl/α,β-unsaturated/α-hetero) is 1. The van der Waals surface area contributed by atoms with Gasteiger partial charge in [0.1, 0.15) is 11.5 Å². The van der Waals surface area contributed by atoms with Crippen molar-refractivity contribution in [1.29, 1.82) is 0 Å². The van der Waals surface area contributed by atoms with Crippen molar-refractivity contribution in [2.75, 3.05) is 32.5 Å². The maximum absolute atomic E-state index is 13.0. The molecule has 0 saturated heterocycles. The molecule has 1 aliphatic heterocycles. The number of hydrogen-bond donors (Lipinski definition) is 2. The van der Waals surface area contributed by atoms with E-state index < -0.39 is 0 Å². The van der Waals surface area contributed by atoms with Crippen molar-refractivity contribution in [3.8, 4) is 11.5 Å². The Morgan fingerprint density at radius 2 is 1.65 bits per heavy atom. The van der Waals surface area contributed by atoms with Crippen LogP contribution in [-0.2, 0) is 19.5 Å². The minimum Gasteiger partial charge on any atom is -0.507 e. The van der Waals surface area contributed by atoms with Crippen LogP contribution in [0.1, 0.15) is 78.4 Å². The molecule has 40 heavy (non-hydrogen) atoms. The fraction of sp³-hybridized carbons (Fsp3) is 0.394. The number of phenols is 1. The zero-order valence-corrected chi connectivity index (χ0v) is 24.9. The molecule has 0 fully saturated rings. The molecule has 3 aromatic carbocycles. The van der Waals surface area contributed by atoms with Crippen LogP contribution >= 0.6 is 0 Å². The summed E-state index contributed by atoms with van der Waals surface area (Å²) in [6, 6.07) is 19.0. The van der Waals surface area contributed by atoms with Crippen LogP contribution in [0, 0.1) is 0 Å². The summed E-state index contributed by atoms with van der Waals surface area (Å²) >= 11 is 0. The molecule has 0 unspecified atom stereocenters. The molecule has 7 heteroatoms. The highest BCUT2D eigenvalue weighted by Crippen LogP contribution is 2.31. The van der Waals surface area contributed by atoms with E-state index in [9.17, 15) is 14.7 Å². The quantitative estimate of drug-likeness (QED) is 0.185. The van der Waals surface area contributed by atoms with Gasteiger partial charge in [0.2, 0.25) is 0 Å². The minimum absolute atomic E-state index is 0.0914. The molecule has 3 aromatic rings. The normalized spacial score (nSPS) is 11.6. The number of aryl methyl sites for hydroxylation is 1. The number of fused-ring (bicyclic) bond motifs is 1. The lowest BCUT2D eigenvalue weighted by atomic mass is 10.0.